The van der Waals surface area contributed by atoms with Crippen LogP contribution in [0.2, 0.25) is 0 Å². The summed E-state index contributed by atoms with van der Waals surface area (Å²) in [6.07, 6.45) is 3.12. The number of hydrogen-bond donors (Lipinski definition) is 2. The first-order chi connectivity index (χ1) is 9.47. The standard InChI is InChI=1S/C13H15N3O4/c1-8-6-14-13(20-8)9(2)15-12(19)10-4-3-5-16(10)7-11(17)18/h3-6,9H,7H2,1-2H3,(H,15,19)(H,17,18). The van der Waals surface area contributed by atoms with Crippen molar-refractivity contribution in [3.8, 4) is 0 Å². The van der Waals surface area contributed by atoms with E-state index in [-0.39, 0.29) is 18.1 Å². The highest BCUT2D eigenvalue weighted by Gasteiger charge is 2.18. The smallest absolute Gasteiger partial charge is 0.323 e. The van der Waals surface area contributed by atoms with Crippen molar-refractivity contribution in [2.45, 2.75) is 26.4 Å². The third-order valence-electron chi connectivity index (χ3n) is 2.72. The van der Waals surface area contributed by atoms with Gasteiger partial charge in [-0.2, -0.15) is 0 Å². The van der Waals surface area contributed by atoms with E-state index in [1.165, 1.54) is 4.57 Å². The van der Waals surface area contributed by atoms with Gasteiger partial charge in [0, 0.05) is 6.20 Å². The van der Waals surface area contributed by atoms with Crippen LogP contribution in [0.5, 0.6) is 0 Å². The minimum atomic E-state index is -1.01. The second-order valence-electron chi connectivity index (χ2n) is 4.42. The van der Waals surface area contributed by atoms with Crippen LogP contribution in [0.25, 0.3) is 0 Å². The Bertz CT molecular complexity index is 629. The number of carbonyl (C=O) groups is 2. The molecule has 0 radical (unpaired) electrons. The van der Waals surface area contributed by atoms with Crippen molar-refractivity contribution in [2.75, 3.05) is 0 Å². The van der Waals surface area contributed by atoms with Gasteiger partial charge in [0.1, 0.15) is 24.0 Å². The van der Waals surface area contributed by atoms with E-state index < -0.39 is 12.0 Å². The van der Waals surface area contributed by atoms with E-state index in [4.69, 9.17) is 9.52 Å². The Morgan fingerprint density at radius 1 is 1.55 bits per heavy atom. The highest BCUT2D eigenvalue weighted by atomic mass is 16.4. The Morgan fingerprint density at radius 3 is 2.90 bits per heavy atom. The molecule has 0 bridgehead atoms. The van der Waals surface area contributed by atoms with Crippen LogP contribution in [0.1, 0.15) is 35.1 Å². The minimum absolute atomic E-state index is 0.262. The number of rotatable bonds is 5. The molecule has 0 aliphatic rings. The molecular weight excluding hydrogens is 262 g/mol. The van der Waals surface area contributed by atoms with Crippen LogP contribution in [-0.4, -0.2) is 26.5 Å². The van der Waals surface area contributed by atoms with E-state index in [0.29, 0.717) is 11.7 Å². The molecule has 1 amide bonds. The first-order valence-corrected chi connectivity index (χ1v) is 6.07. The quantitative estimate of drug-likeness (QED) is 0.860. The Kier molecular flexibility index (Phi) is 3.88. The van der Waals surface area contributed by atoms with Crippen molar-refractivity contribution in [3.05, 3.63) is 41.9 Å². The number of hydrogen-bond acceptors (Lipinski definition) is 4. The molecule has 0 saturated heterocycles. The first-order valence-electron chi connectivity index (χ1n) is 6.07. The third-order valence-corrected chi connectivity index (χ3v) is 2.72. The van der Waals surface area contributed by atoms with Crippen molar-refractivity contribution in [2.24, 2.45) is 0 Å². The zero-order chi connectivity index (χ0) is 14.7. The van der Waals surface area contributed by atoms with E-state index in [1.807, 2.05) is 0 Å². The second-order valence-corrected chi connectivity index (χ2v) is 4.42. The SMILES string of the molecule is Cc1cnc(C(C)NC(=O)c2cccn2CC(=O)O)o1. The molecule has 0 spiro atoms. The molecule has 0 fully saturated rings. The summed E-state index contributed by atoms with van der Waals surface area (Å²) in [7, 11) is 0. The molecule has 2 aromatic rings. The molecule has 0 aromatic carbocycles. The van der Waals surface area contributed by atoms with Gasteiger partial charge in [-0.15, -0.1) is 0 Å². The highest BCUT2D eigenvalue weighted by molar-refractivity contribution is 5.93. The summed E-state index contributed by atoms with van der Waals surface area (Å²) in [6, 6.07) is 2.79. The molecule has 0 aliphatic carbocycles. The summed E-state index contributed by atoms with van der Waals surface area (Å²) in [6.45, 7) is 3.25. The molecule has 2 aromatic heterocycles. The summed E-state index contributed by atoms with van der Waals surface area (Å²) in [5.74, 6) is -0.311. The van der Waals surface area contributed by atoms with Gasteiger partial charge < -0.3 is 19.4 Å². The molecule has 2 heterocycles. The highest BCUT2D eigenvalue weighted by Crippen LogP contribution is 2.13. The maximum absolute atomic E-state index is 12.1. The summed E-state index contributed by atoms with van der Waals surface area (Å²) in [5.41, 5.74) is 0.280. The van der Waals surface area contributed by atoms with Crippen molar-refractivity contribution in [3.63, 3.8) is 0 Å². The predicted molar refractivity (Wildman–Crippen MR) is 69.2 cm³/mol. The Morgan fingerprint density at radius 2 is 2.30 bits per heavy atom. The van der Waals surface area contributed by atoms with Crippen molar-refractivity contribution in [1.82, 2.24) is 14.9 Å². The van der Waals surface area contributed by atoms with Crippen LogP contribution < -0.4 is 5.32 Å². The molecule has 1 unspecified atom stereocenters. The number of nitrogens with one attached hydrogen (secondary N) is 1. The number of nitrogens with zero attached hydrogens (tertiary/aromatic N) is 2. The topological polar surface area (TPSA) is 97.4 Å². The summed E-state index contributed by atoms with van der Waals surface area (Å²) < 4.78 is 6.70. The van der Waals surface area contributed by atoms with Crippen LogP contribution in [0, 0.1) is 6.92 Å². The predicted octanol–water partition coefficient (Wildman–Crippen LogP) is 1.36. The maximum atomic E-state index is 12.1. The van der Waals surface area contributed by atoms with Crippen LogP contribution in [0.15, 0.2) is 28.9 Å². The van der Waals surface area contributed by atoms with Crippen molar-refractivity contribution in [1.29, 1.82) is 0 Å². The Hall–Kier alpha value is -2.57. The van der Waals surface area contributed by atoms with Gasteiger partial charge in [-0.05, 0) is 26.0 Å². The average Bonchev–Trinajstić information content (AvgIpc) is 2.97. The van der Waals surface area contributed by atoms with Gasteiger partial charge in [-0.25, -0.2) is 4.98 Å². The fourth-order valence-corrected chi connectivity index (χ4v) is 1.81. The lowest BCUT2D eigenvalue weighted by atomic mass is 10.3. The number of carbonyl (C=O) groups excluding carboxylic acids is 1. The van der Waals surface area contributed by atoms with E-state index >= 15 is 0 Å². The van der Waals surface area contributed by atoms with Crippen molar-refractivity contribution < 1.29 is 19.1 Å². The molecule has 1 atom stereocenters. The number of aliphatic carboxylic acids is 1. The fourth-order valence-electron chi connectivity index (χ4n) is 1.81. The van der Waals surface area contributed by atoms with Gasteiger partial charge >= 0.3 is 5.97 Å². The maximum Gasteiger partial charge on any atom is 0.323 e. The van der Waals surface area contributed by atoms with E-state index in [0.717, 1.165) is 0 Å². The van der Waals surface area contributed by atoms with Gasteiger partial charge in [0.2, 0.25) is 5.89 Å². The summed E-state index contributed by atoms with van der Waals surface area (Å²) >= 11 is 0. The lowest BCUT2D eigenvalue weighted by molar-refractivity contribution is -0.137. The zero-order valence-corrected chi connectivity index (χ0v) is 11.2. The molecule has 7 heteroatoms. The number of oxazole rings is 1. The first kappa shape index (κ1) is 13.9. The average molecular weight is 277 g/mol. The lowest BCUT2D eigenvalue weighted by Crippen LogP contribution is -2.29. The van der Waals surface area contributed by atoms with Gasteiger partial charge in [0.05, 0.1) is 6.20 Å². The van der Waals surface area contributed by atoms with Gasteiger partial charge in [0.15, 0.2) is 0 Å². The number of amides is 1. The van der Waals surface area contributed by atoms with E-state index in [2.05, 4.69) is 10.3 Å². The monoisotopic (exact) mass is 277 g/mol. The zero-order valence-electron chi connectivity index (χ0n) is 11.2. The summed E-state index contributed by atoms with van der Waals surface area (Å²) in [5, 5.41) is 11.5. The molecule has 0 aliphatic heterocycles. The minimum Gasteiger partial charge on any atom is -0.480 e. The Balaban J connectivity index is 2.08. The molecular formula is C13H15N3O4. The van der Waals surface area contributed by atoms with E-state index in [1.54, 1.807) is 38.4 Å². The number of carboxylic acids is 1. The molecule has 7 nitrogen and oxygen atoms in total. The molecule has 2 rings (SSSR count). The van der Waals surface area contributed by atoms with Crippen LogP contribution in [0.3, 0.4) is 0 Å². The van der Waals surface area contributed by atoms with E-state index in [9.17, 15) is 9.59 Å². The molecule has 2 N–H and O–H groups in total. The third kappa shape index (κ3) is 3.05. The largest absolute Gasteiger partial charge is 0.480 e. The molecule has 20 heavy (non-hydrogen) atoms. The fraction of sp³-hybridized carbons (Fsp3) is 0.308. The van der Waals surface area contributed by atoms with Crippen molar-refractivity contribution >= 4 is 11.9 Å². The number of aromatic nitrogens is 2. The van der Waals surface area contributed by atoms with Gasteiger partial charge in [-0.3, -0.25) is 9.59 Å². The Labute approximate surface area is 115 Å². The van der Waals surface area contributed by atoms with Crippen LogP contribution >= 0.6 is 0 Å². The lowest BCUT2D eigenvalue weighted by Gasteiger charge is -2.11. The van der Waals surface area contributed by atoms with Crippen LogP contribution in [0.4, 0.5) is 0 Å². The second kappa shape index (κ2) is 5.60. The number of aryl methyl sites for hydroxylation is 1. The van der Waals surface area contributed by atoms with Gasteiger partial charge in [0.25, 0.3) is 5.91 Å². The van der Waals surface area contributed by atoms with Gasteiger partial charge in [-0.1, -0.05) is 0 Å². The molecule has 106 valence electrons. The molecule has 0 saturated carbocycles. The normalized spacial score (nSPS) is 12.1. The van der Waals surface area contributed by atoms with Crippen LogP contribution in [-0.2, 0) is 11.3 Å². The summed E-state index contributed by atoms with van der Waals surface area (Å²) in [4.78, 5) is 26.9. The number of carboxylic acid groups (broad SMARTS) is 1.